The number of fused-ring (bicyclic) bond motifs is 4. The zero-order chi connectivity index (χ0) is 36.7. The van der Waals surface area contributed by atoms with E-state index in [1.807, 2.05) is 24.3 Å². The second-order valence-corrected chi connectivity index (χ2v) is 13.9. The van der Waals surface area contributed by atoms with E-state index in [0.717, 1.165) is 61.5 Å². The van der Waals surface area contributed by atoms with Gasteiger partial charge in [0.1, 0.15) is 0 Å². The molecule has 2 heterocycles. The Bertz CT molecular complexity index is 3100. The van der Waals surface area contributed by atoms with Gasteiger partial charge in [-0.25, -0.2) is 4.98 Å². The predicted octanol–water partition coefficient (Wildman–Crippen LogP) is 13.5. The van der Waals surface area contributed by atoms with Crippen molar-refractivity contribution in [3.05, 3.63) is 206 Å². The van der Waals surface area contributed by atoms with Gasteiger partial charge in [0.25, 0.3) is 0 Å². The molecule has 55 heavy (non-hydrogen) atoms. The topological polar surface area (TPSA) is 41.6 Å². The lowest BCUT2D eigenvalue weighted by Crippen LogP contribution is -1.98. The molecule has 0 fully saturated rings. The molecule has 10 rings (SSSR count). The fourth-order valence-electron chi connectivity index (χ4n) is 8.01. The molecule has 0 atom stereocenters. The molecule has 0 amide bonds. The van der Waals surface area contributed by atoms with Crippen molar-refractivity contribution >= 4 is 32.6 Å². The Balaban J connectivity index is 1.20. The first-order valence-corrected chi connectivity index (χ1v) is 18.5. The molecule has 256 valence electrons. The molecule has 0 saturated carbocycles. The lowest BCUT2D eigenvalue weighted by molar-refractivity contribution is 1.18. The first-order valence-electron chi connectivity index (χ1n) is 18.5. The van der Waals surface area contributed by atoms with Crippen LogP contribution in [0.15, 0.2) is 200 Å². The standard InChI is InChI=1S/C52H33N3/c53-34-40-16-5-6-20-44(40)41-30-42(49-24-12-25-50(54-49)46-23-11-17-36-15-4-7-21-45(36)46)32-43(31-41)55-51-26-9-8-22-47(51)48-28-27-39(33-52(48)55)38-19-10-18-37(29-38)35-13-2-1-3-14-35/h1-33H. The van der Waals surface area contributed by atoms with E-state index in [-0.39, 0.29) is 0 Å². The third-order valence-corrected chi connectivity index (χ3v) is 10.6. The zero-order valence-electron chi connectivity index (χ0n) is 29.9. The molecule has 0 N–H and O–H groups in total. The van der Waals surface area contributed by atoms with Gasteiger partial charge in [0.2, 0.25) is 0 Å². The van der Waals surface area contributed by atoms with Crippen molar-refractivity contribution in [3.63, 3.8) is 0 Å². The SMILES string of the molecule is N#Cc1ccccc1-c1cc(-c2cccc(-c3cccc4ccccc34)n2)cc(-n2c3ccccc3c3ccc(-c4cccc(-c5ccccc5)c4)cc32)c1. The van der Waals surface area contributed by atoms with Crippen molar-refractivity contribution in [1.29, 1.82) is 5.26 Å². The van der Waals surface area contributed by atoms with E-state index in [4.69, 9.17) is 4.98 Å². The Morgan fingerprint density at radius 3 is 1.87 bits per heavy atom. The first kappa shape index (κ1) is 32.1. The molecule has 0 unspecified atom stereocenters. The summed E-state index contributed by atoms with van der Waals surface area (Å²) < 4.78 is 2.37. The van der Waals surface area contributed by atoms with Crippen molar-refractivity contribution < 1.29 is 0 Å². The van der Waals surface area contributed by atoms with Crippen molar-refractivity contribution in [2.75, 3.05) is 0 Å². The van der Waals surface area contributed by atoms with E-state index in [2.05, 4.69) is 187 Å². The van der Waals surface area contributed by atoms with Gasteiger partial charge in [-0.3, -0.25) is 0 Å². The molecule has 10 aromatic rings. The van der Waals surface area contributed by atoms with Crippen LogP contribution in [0.4, 0.5) is 0 Å². The van der Waals surface area contributed by atoms with Crippen LogP contribution < -0.4 is 0 Å². The number of nitriles is 1. The molecule has 8 aromatic carbocycles. The summed E-state index contributed by atoms with van der Waals surface area (Å²) in [6, 6.07) is 72.7. The molecule has 3 heteroatoms. The maximum atomic E-state index is 10.2. The van der Waals surface area contributed by atoms with Crippen LogP contribution in [-0.2, 0) is 0 Å². The molecule has 0 aliphatic heterocycles. The lowest BCUT2D eigenvalue weighted by Gasteiger charge is -2.15. The van der Waals surface area contributed by atoms with Crippen molar-refractivity contribution in [3.8, 4) is 67.7 Å². The summed E-state index contributed by atoms with van der Waals surface area (Å²) in [6.45, 7) is 0. The van der Waals surface area contributed by atoms with Crippen LogP contribution >= 0.6 is 0 Å². The summed E-state index contributed by atoms with van der Waals surface area (Å²) in [4.78, 5) is 5.30. The first-order chi connectivity index (χ1) is 27.2. The minimum Gasteiger partial charge on any atom is -0.309 e. The molecule has 0 bridgehead atoms. The minimum absolute atomic E-state index is 0.630. The van der Waals surface area contributed by atoms with Gasteiger partial charge in [-0.1, -0.05) is 146 Å². The second-order valence-electron chi connectivity index (χ2n) is 13.9. The van der Waals surface area contributed by atoms with Gasteiger partial charge in [-0.15, -0.1) is 0 Å². The fraction of sp³-hybridized carbons (Fsp3) is 0. The Hall–Kier alpha value is -7.54. The lowest BCUT2D eigenvalue weighted by atomic mass is 9.96. The maximum Gasteiger partial charge on any atom is 0.0998 e. The number of hydrogen-bond donors (Lipinski definition) is 0. The maximum absolute atomic E-state index is 10.2. The summed E-state index contributed by atoms with van der Waals surface area (Å²) >= 11 is 0. The normalized spacial score (nSPS) is 11.3. The average molecular weight is 700 g/mol. The highest BCUT2D eigenvalue weighted by molar-refractivity contribution is 6.10. The van der Waals surface area contributed by atoms with Gasteiger partial charge in [-0.05, 0) is 98.8 Å². The number of nitrogens with zero attached hydrogens (tertiary/aromatic N) is 3. The Morgan fingerprint density at radius 1 is 0.382 bits per heavy atom. The van der Waals surface area contributed by atoms with E-state index in [1.54, 1.807) is 0 Å². The molecule has 0 aliphatic rings. The Kier molecular flexibility index (Phi) is 7.86. The molecular weight excluding hydrogens is 667 g/mol. The van der Waals surface area contributed by atoms with E-state index in [9.17, 15) is 5.26 Å². The Morgan fingerprint density at radius 2 is 0.982 bits per heavy atom. The molecule has 0 radical (unpaired) electrons. The fourth-order valence-corrected chi connectivity index (χ4v) is 8.01. The van der Waals surface area contributed by atoms with Gasteiger partial charge >= 0.3 is 0 Å². The summed E-state index contributed by atoms with van der Waals surface area (Å²) in [6.07, 6.45) is 0. The number of hydrogen-bond acceptors (Lipinski definition) is 2. The summed E-state index contributed by atoms with van der Waals surface area (Å²) in [5.41, 5.74) is 14.2. The Labute approximate surface area is 319 Å². The third kappa shape index (κ3) is 5.74. The van der Waals surface area contributed by atoms with E-state index >= 15 is 0 Å². The van der Waals surface area contributed by atoms with Gasteiger partial charge in [0.15, 0.2) is 0 Å². The van der Waals surface area contributed by atoms with Gasteiger partial charge in [-0.2, -0.15) is 5.26 Å². The van der Waals surface area contributed by atoms with Gasteiger partial charge in [0.05, 0.1) is 34.1 Å². The molecule has 0 saturated heterocycles. The monoisotopic (exact) mass is 699 g/mol. The van der Waals surface area contributed by atoms with Gasteiger partial charge in [0, 0.05) is 27.6 Å². The average Bonchev–Trinajstić information content (AvgIpc) is 3.60. The quantitative estimate of drug-likeness (QED) is 0.173. The van der Waals surface area contributed by atoms with Crippen LogP contribution in [-0.4, -0.2) is 9.55 Å². The van der Waals surface area contributed by atoms with Crippen LogP contribution in [0.2, 0.25) is 0 Å². The number of pyridine rings is 1. The molecule has 3 nitrogen and oxygen atoms in total. The van der Waals surface area contributed by atoms with Crippen LogP contribution in [0.3, 0.4) is 0 Å². The highest BCUT2D eigenvalue weighted by Gasteiger charge is 2.17. The smallest absolute Gasteiger partial charge is 0.0998 e. The summed E-state index contributed by atoms with van der Waals surface area (Å²) in [7, 11) is 0. The number of benzene rings is 8. The minimum atomic E-state index is 0.630. The number of rotatable bonds is 6. The number of aromatic nitrogens is 2. The highest BCUT2D eigenvalue weighted by Crippen LogP contribution is 2.39. The highest BCUT2D eigenvalue weighted by atomic mass is 15.0. The third-order valence-electron chi connectivity index (χ3n) is 10.6. The van der Waals surface area contributed by atoms with Crippen molar-refractivity contribution in [2.24, 2.45) is 0 Å². The van der Waals surface area contributed by atoms with Crippen LogP contribution in [0.5, 0.6) is 0 Å². The largest absolute Gasteiger partial charge is 0.309 e. The molecular formula is C52H33N3. The van der Waals surface area contributed by atoms with E-state index < -0.39 is 0 Å². The van der Waals surface area contributed by atoms with Gasteiger partial charge < -0.3 is 4.57 Å². The van der Waals surface area contributed by atoms with Crippen LogP contribution in [0, 0.1) is 11.3 Å². The van der Waals surface area contributed by atoms with Crippen LogP contribution in [0.1, 0.15) is 5.56 Å². The molecule has 0 aliphatic carbocycles. The van der Waals surface area contributed by atoms with Crippen molar-refractivity contribution in [1.82, 2.24) is 9.55 Å². The van der Waals surface area contributed by atoms with Crippen LogP contribution in [0.25, 0.3) is 94.2 Å². The zero-order valence-corrected chi connectivity index (χ0v) is 29.9. The molecule has 0 spiro atoms. The second kappa shape index (κ2) is 13.5. The van der Waals surface area contributed by atoms with E-state index in [1.165, 1.54) is 32.7 Å². The summed E-state index contributed by atoms with van der Waals surface area (Å²) in [5.74, 6) is 0. The van der Waals surface area contributed by atoms with E-state index in [0.29, 0.717) is 5.56 Å². The number of para-hydroxylation sites is 1. The molecule has 2 aromatic heterocycles. The van der Waals surface area contributed by atoms with Crippen molar-refractivity contribution in [2.45, 2.75) is 0 Å². The predicted molar refractivity (Wildman–Crippen MR) is 228 cm³/mol. The summed E-state index contributed by atoms with van der Waals surface area (Å²) in [5, 5.41) is 14.9.